The molecule has 0 bridgehead atoms. The van der Waals surface area contributed by atoms with Crippen molar-refractivity contribution < 1.29 is 9.53 Å². The van der Waals surface area contributed by atoms with Crippen LogP contribution in [0.1, 0.15) is 32.6 Å². The molecule has 0 aromatic carbocycles. The molecule has 1 aliphatic rings. The van der Waals surface area contributed by atoms with E-state index in [1.807, 2.05) is 6.92 Å². The Hall–Kier alpha value is -0.280. The van der Waals surface area contributed by atoms with Crippen LogP contribution < -0.4 is 5.32 Å². The van der Waals surface area contributed by atoms with E-state index in [4.69, 9.17) is 16.3 Å². The topological polar surface area (TPSA) is 38.3 Å². The Balaban J connectivity index is 2.29. The van der Waals surface area contributed by atoms with E-state index >= 15 is 0 Å². The first-order chi connectivity index (χ1) is 6.66. The van der Waals surface area contributed by atoms with Crippen LogP contribution in [0.5, 0.6) is 0 Å². The fourth-order valence-corrected chi connectivity index (χ4v) is 1.79. The van der Waals surface area contributed by atoms with E-state index in [9.17, 15) is 4.79 Å². The van der Waals surface area contributed by atoms with Crippen molar-refractivity contribution in [3.8, 4) is 0 Å². The highest BCUT2D eigenvalue weighted by Gasteiger charge is 2.28. The molecule has 0 saturated carbocycles. The van der Waals surface area contributed by atoms with E-state index in [1.165, 1.54) is 0 Å². The van der Waals surface area contributed by atoms with Gasteiger partial charge in [0.15, 0.2) is 0 Å². The molecule has 4 heteroatoms. The molecule has 1 N–H and O–H groups in total. The number of nitrogens with one attached hydrogen (secondary N) is 1. The molecule has 0 radical (unpaired) electrons. The third-order valence-corrected chi connectivity index (χ3v) is 2.68. The van der Waals surface area contributed by atoms with Gasteiger partial charge in [0.25, 0.3) is 0 Å². The first kappa shape index (κ1) is 11.8. The minimum Gasteiger partial charge on any atom is -0.379 e. The molecular weight excluding hydrogens is 202 g/mol. The lowest BCUT2D eigenvalue weighted by atomic mass is 9.94. The highest BCUT2D eigenvalue weighted by molar-refractivity contribution is 6.17. The van der Waals surface area contributed by atoms with Crippen molar-refractivity contribution in [1.82, 2.24) is 5.32 Å². The largest absolute Gasteiger partial charge is 0.379 e. The molecule has 0 aromatic rings. The van der Waals surface area contributed by atoms with Gasteiger partial charge < -0.3 is 10.1 Å². The molecule has 3 nitrogen and oxygen atoms in total. The molecule has 0 aromatic heterocycles. The summed E-state index contributed by atoms with van der Waals surface area (Å²) in [6.07, 6.45) is 3.27. The van der Waals surface area contributed by atoms with Gasteiger partial charge in [0.2, 0.25) is 5.91 Å². The van der Waals surface area contributed by atoms with Crippen LogP contribution in [-0.2, 0) is 9.53 Å². The van der Waals surface area contributed by atoms with Gasteiger partial charge >= 0.3 is 0 Å². The van der Waals surface area contributed by atoms with Gasteiger partial charge in [0, 0.05) is 18.9 Å². The quantitative estimate of drug-likeness (QED) is 0.731. The smallest absolute Gasteiger partial charge is 0.220 e. The summed E-state index contributed by atoms with van der Waals surface area (Å²) in [6.45, 7) is 3.47. The molecule has 1 unspecified atom stereocenters. The second-order valence-electron chi connectivity index (χ2n) is 4.06. The number of hydrogen-bond acceptors (Lipinski definition) is 2. The fraction of sp³-hybridized carbons (Fsp3) is 0.900. The van der Waals surface area contributed by atoms with E-state index in [2.05, 4.69) is 5.32 Å². The van der Waals surface area contributed by atoms with Crippen molar-refractivity contribution in [1.29, 1.82) is 0 Å². The van der Waals surface area contributed by atoms with Crippen LogP contribution in [0.15, 0.2) is 0 Å². The molecule has 1 aliphatic heterocycles. The number of hydrogen-bond donors (Lipinski definition) is 1. The van der Waals surface area contributed by atoms with E-state index < -0.39 is 0 Å². The lowest BCUT2D eigenvalue weighted by molar-refractivity contribution is -0.124. The molecule has 1 amide bonds. The predicted molar refractivity (Wildman–Crippen MR) is 56.6 cm³/mol. The Labute approximate surface area is 90.1 Å². The summed E-state index contributed by atoms with van der Waals surface area (Å²) >= 11 is 5.52. The fourth-order valence-electron chi connectivity index (χ4n) is 1.66. The standard InChI is InChI=1S/C10H18ClNO2/c1-10(5-3-7-14-8-10)12-9(13)4-2-6-11/h2-8H2,1H3,(H,12,13). The van der Waals surface area contributed by atoms with Crippen LogP contribution in [0.25, 0.3) is 0 Å². The highest BCUT2D eigenvalue weighted by atomic mass is 35.5. The number of carbonyl (C=O) groups excluding carboxylic acids is 1. The first-order valence-corrected chi connectivity index (χ1v) is 5.64. The van der Waals surface area contributed by atoms with Crippen molar-refractivity contribution in [3.63, 3.8) is 0 Å². The Morgan fingerprint density at radius 3 is 3.00 bits per heavy atom. The van der Waals surface area contributed by atoms with Gasteiger partial charge in [-0.1, -0.05) is 0 Å². The summed E-state index contributed by atoms with van der Waals surface area (Å²) in [4.78, 5) is 11.5. The molecule has 1 rings (SSSR count). The Morgan fingerprint density at radius 1 is 1.64 bits per heavy atom. The molecule has 1 saturated heterocycles. The molecular formula is C10H18ClNO2. The van der Waals surface area contributed by atoms with E-state index in [0.717, 1.165) is 25.9 Å². The number of rotatable bonds is 4. The SMILES string of the molecule is CC1(NC(=O)CCCCl)CCCOC1. The zero-order valence-corrected chi connectivity index (χ0v) is 9.40. The van der Waals surface area contributed by atoms with Crippen molar-refractivity contribution >= 4 is 17.5 Å². The second kappa shape index (κ2) is 5.56. The summed E-state index contributed by atoms with van der Waals surface area (Å²) in [7, 11) is 0. The van der Waals surface area contributed by atoms with Crippen LogP contribution in [0, 0.1) is 0 Å². The summed E-state index contributed by atoms with van der Waals surface area (Å²) in [6, 6.07) is 0. The van der Waals surface area contributed by atoms with Crippen LogP contribution in [0.3, 0.4) is 0 Å². The monoisotopic (exact) mass is 219 g/mol. The summed E-state index contributed by atoms with van der Waals surface area (Å²) in [5, 5.41) is 3.01. The van der Waals surface area contributed by atoms with Gasteiger partial charge in [-0.25, -0.2) is 0 Å². The maximum Gasteiger partial charge on any atom is 0.220 e. The van der Waals surface area contributed by atoms with Gasteiger partial charge in [-0.2, -0.15) is 0 Å². The van der Waals surface area contributed by atoms with Crippen molar-refractivity contribution in [2.24, 2.45) is 0 Å². The van der Waals surface area contributed by atoms with Crippen LogP contribution in [0.2, 0.25) is 0 Å². The first-order valence-electron chi connectivity index (χ1n) is 5.11. The molecule has 1 fully saturated rings. The third kappa shape index (κ3) is 3.84. The molecule has 0 spiro atoms. The molecule has 0 aliphatic carbocycles. The van der Waals surface area contributed by atoms with Gasteiger partial charge in [0.1, 0.15) is 0 Å². The van der Waals surface area contributed by atoms with Gasteiger partial charge in [-0.05, 0) is 26.2 Å². The Morgan fingerprint density at radius 2 is 2.43 bits per heavy atom. The number of carbonyl (C=O) groups is 1. The van der Waals surface area contributed by atoms with Crippen molar-refractivity contribution in [2.45, 2.75) is 38.1 Å². The minimum absolute atomic E-state index is 0.0821. The van der Waals surface area contributed by atoms with Gasteiger partial charge in [0.05, 0.1) is 12.1 Å². The second-order valence-corrected chi connectivity index (χ2v) is 4.44. The van der Waals surface area contributed by atoms with Crippen LogP contribution in [-0.4, -0.2) is 30.5 Å². The highest BCUT2D eigenvalue weighted by Crippen LogP contribution is 2.18. The summed E-state index contributed by atoms with van der Waals surface area (Å²) < 4.78 is 5.35. The number of amides is 1. The maximum absolute atomic E-state index is 11.5. The van der Waals surface area contributed by atoms with E-state index in [1.54, 1.807) is 0 Å². The molecule has 1 atom stereocenters. The summed E-state index contributed by atoms with van der Waals surface area (Å²) in [5.74, 6) is 0.624. The normalized spacial score (nSPS) is 27.3. The third-order valence-electron chi connectivity index (χ3n) is 2.42. The Kier molecular flexibility index (Phi) is 4.69. The number of halogens is 1. The predicted octanol–water partition coefficient (Wildman–Crippen LogP) is 1.69. The summed E-state index contributed by atoms with van der Waals surface area (Å²) in [5.41, 5.74) is -0.165. The van der Waals surface area contributed by atoms with Crippen LogP contribution in [0.4, 0.5) is 0 Å². The lowest BCUT2D eigenvalue weighted by Crippen LogP contribution is -2.51. The number of alkyl halides is 1. The van der Waals surface area contributed by atoms with Crippen molar-refractivity contribution in [2.75, 3.05) is 19.1 Å². The zero-order chi connectivity index (χ0) is 10.4. The van der Waals surface area contributed by atoms with E-state index in [-0.39, 0.29) is 11.4 Å². The van der Waals surface area contributed by atoms with Gasteiger partial charge in [-0.3, -0.25) is 4.79 Å². The average molecular weight is 220 g/mol. The van der Waals surface area contributed by atoms with E-state index in [0.29, 0.717) is 18.9 Å². The maximum atomic E-state index is 11.5. The molecule has 82 valence electrons. The molecule has 1 heterocycles. The number of ether oxygens (including phenoxy) is 1. The van der Waals surface area contributed by atoms with Gasteiger partial charge in [-0.15, -0.1) is 11.6 Å². The average Bonchev–Trinajstić information content (AvgIpc) is 2.15. The lowest BCUT2D eigenvalue weighted by Gasteiger charge is -2.34. The van der Waals surface area contributed by atoms with Crippen LogP contribution >= 0.6 is 11.6 Å². The minimum atomic E-state index is -0.165. The zero-order valence-electron chi connectivity index (χ0n) is 8.64. The van der Waals surface area contributed by atoms with Crippen molar-refractivity contribution in [3.05, 3.63) is 0 Å². The molecule has 14 heavy (non-hydrogen) atoms. The Bertz CT molecular complexity index is 191.